The first-order chi connectivity index (χ1) is 18.1. The number of fused-ring (bicyclic) bond motifs is 3. The number of benzene rings is 3. The van der Waals surface area contributed by atoms with Crippen molar-refractivity contribution < 1.29 is 4.42 Å². The molecule has 0 aliphatic rings. The maximum atomic E-state index is 6.71. The van der Waals surface area contributed by atoms with Gasteiger partial charge in [0.15, 0.2) is 5.58 Å². The predicted octanol–water partition coefficient (Wildman–Crippen LogP) is 10.6. The van der Waals surface area contributed by atoms with Crippen LogP contribution in [0.15, 0.2) is 71.3 Å². The van der Waals surface area contributed by atoms with Crippen molar-refractivity contribution in [1.82, 2.24) is 4.98 Å². The van der Waals surface area contributed by atoms with Crippen molar-refractivity contribution in [2.24, 2.45) is 5.92 Å². The Morgan fingerprint density at radius 3 is 2.39 bits per heavy atom. The molecule has 3 aromatic carbocycles. The smallest absolute Gasteiger partial charge is 0.161 e. The van der Waals surface area contributed by atoms with Crippen LogP contribution in [0.3, 0.4) is 0 Å². The highest BCUT2D eigenvalue weighted by Crippen LogP contribution is 2.42. The number of aryl methyl sites for hydroxylation is 2. The van der Waals surface area contributed by atoms with Gasteiger partial charge in [-0.3, -0.25) is 4.98 Å². The molecule has 0 spiro atoms. The molecule has 0 saturated carbocycles. The van der Waals surface area contributed by atoms with Gasteiger partial charge < -0.3 is 4.42 Å². The Morgan fingerprint density at radius 2 is 1.63 bits per heavy atom. The molecular formula is C35H35NOS. The third-order valence-corrected chi connectivity index (χ3v) is 8.98. The standard InChI is InChI=1S/C35H35NOS/c1-20(2)16-31-21(3)28-18-24(12-13-30(28)38-31)33-22(4)26-14-15-36-32(34(26)37-33)25-17-23-10-8-9-11-27(23)29(19-25)35(5,6)7/h8-15,17-20H,16H2,1-7H3. The van der Waals surface area contributed by atoms with Gasteiger partial charge in [-0.25, -0.2) is 0 Å². The Balaban J connectivity index is 1.53. The first kappa shape index (κ1) is 24.9. The van der Waals surface area contributed by atoms with Gasteiger partial charge in [-0.1, -0.05) is 58.9 Å². The minimum atomic E-state index is 0.00990. The Labute approximate surface area is 229 Å². The van der Waals surface area contributed by atoms with E-state index in [1.54, 1.807) is 0 Å². The fourth-order valence-electron chi connectivity index (χ4n) is 5.67. The van der Waals surface area contributed by atoms with Crippen molar-refractivity contribution in [1.29, 1.82) is 0 Å². The maximum absolute atomic E-state index is 6.71. The fraction of sp³-hybridized carbons (Fsp3) is 0.286. The van der Waals surface area contributed by atoms with Gasteiger partial charge in [-0.2, -0.15) is 0 Å². The van der Waals surface area contributed by atoms with Crippen molar-refractivity contribution in [3.05, 3.63) is 88.4 Å². The van der Waals surface area contributed by atoms with Crippen LogP contribution in [0.2, 0.25) is 0 Å². The van der Waals surface area contributed by atoms with Crippen molar-refractivity contribution in [2.75, 3.05) is 0 Å². The van der Waals surface area contributed by atoms with Gasteiger partial charge >= 0.3 is 0 Å². The van der Waals surface area contributed by atoms with Crippen LogP contribution in [-0.2, 0) is 11.8 Å². The van der Waals surface area contributed by atoms with E-state index in [1.807, 2.05) is 17.5 Å². The average molecular weight is 518 g/mol. The molecule has 2 nitrogen and oxygen atoms in total. The molecule has 6 rings (SSSR count). The summed E-state index contributed by atoms with van der Waals surface area (Å²) >= 11 is 1.93. The summed E-state index contributed by atoms with van der Waals surface area (Å²) in [5.41, 5.74) is 7.89. The van der Waals surface area contributed by atoms with Crippen LogP contribution < -0.4 is 0 Å². The lowest BCUT2D eigenvalue weighted by molar-refractivity contribution is 0.596. The molecule has 3 heterocycles. The van der Waals surface area contributed by atoms with E-state index >= 15 is 0 Å². The minimum absolute atomic E-state index is 0.00990. The zero-order valence-corrected chi connectivity index (χ0v) is 24.2. The van der Waals surface area contributed by atoms with E-state index in [-0.39, 0.29) is 5.41 Å². The summed E-state index contributed by atoms with van der Waals surface area (Å²) < 4.78 is 8.06. The third-order valence-electron chi connectivity index (χ3n) is 7.69. The molecule has 192 valence electrons. The lowest BCUT2D eigenvalue weighted by atomic mass is 9.82. The van der Waals surface area contributed by atoms with Crippen LogP contribution in [0.25, 0.3) is 54.4 Å². The van der Waals surface area contributed by atoms with Crippen LogP contribution in [0, 0.1) is 19.8 Å². The maximum Gasteiger partial charge on any atom is 0.161 e. The Morgan fingerprint density at radius 1 is 0.842 bits per heavy atom. The SMILES string of the molecule is Cc1c(CC(C)C)sc2ccc(-c3oc4c(-c5cc(C(C)(C)C)c6ccccc6c5)nccc4c3C)cc12. The highest BCUT2D eigenvalue weighted by Gasteiger charge is 2.22. The van der Waals surface area contributed by atoms with E-state index in [4.69, 9.17) is 9.40 Å². The first-order valence-electron chi connectivity index (χ1n) is 13.6. The van der Waals surface area contributed by atoms with Gasteiger partial charge in [-0.05, 0) is 95.3 Å². The molecule has 0 N–H and O–H groups in total. The molecule has 0 unspecified atom stereocenters. The Bertz CT molecular complexity index is 1830. The van der Waals surface area contributed by atoms with Crippen molar-refractivity contribution in [2.45, 2.75) is 60.3 Å². The zero-order chi connectivity index (χ0) is 26.8. The second-order valence-corrected chi connectivity index (χ2v) is 13.2. The number of rotatable bonds is 4. The molecule has 0 bridgehead atoms. The molecule has 6 aromatic rings. The summed E-state index contributed by atoms with van der Waals surface area (Å²) in [4.78, 5) is 6.35. The van der Waals surface area contributed by atoms with Gasteiger partial charge in [-0.15, -0.1) is 11.3 Å². The van der Waals surface area contributed by atoms with Gasteiger partial charge in [0, 0.05) is 37.9 Å². The van der Waals surface area contributed by atoms with E-state index in [0.717, 1.165) is 45.5 Å². The summed E-state index contributed by atoms with van der Waals surface area (Å²) in [5.74, 6) is 1.59. The number of aromatic nitrogens is 1. The van der Waals surface area contributed by atoms with E-state index in [1.165, 1.54) is 36.9 Å². The van der Waals surface area contributed by atoms with E-state index in [9.17, 15) is 0 Å². The second-order valence-electron chi connectivity index (χ2n) is 12.0. The minimum Gasteiger partial charge on any atom is -0.453 e. The van der Waals surface area contributed by atoms with Crippen LogP contribution in [0.5, 0.6) is 0 Å². The number of pyridine rings is 1. The summed E-state index contributed by atoms with van der Waals surface area (Å²) in [5, 5.41) is 4.99. The fourth-order valence-corrected chi connectivity index (χ4v) is 7.08. The van der Waals surface area contributed by atoms with E-state index in [0.29, 0.717) is 5.92 Å². The van der Waals surface area contributed by atoms with Gasteiger partial charge in [0.2, 0.25) is 0 Å². The molecule has 0 aliphatic heterocycles. The van der Waals surface area contributed by atoms with Crippen molar-refractivity contribution in [3.8, 4) is 22.6 Å². The number of nitrogens with zero attached hydrogens (tertiary/aromatic N) is 1. The van der Waals surface area contributed by atoms with Gasteiger partial charge in [0.05, 0.1) is 0 Å². The summed E-state index contributed by atoms with van der Waals surface area (Å²) in [7, 11) is 0. The molecule has 0 saturated heterocycles. The predicted molar refractivity (Wildman–Crippen MR) is 164 cm³/mol. The quantitative estimate of drug-likeness (QED) is 0.232. The number of hydrogen-bond acceptors (Lipinski definition) is 3. The van der Waals surface area contributed by atoms with Crippen molar-refractivity contribution >= 4 is 43.2 Å². The molecule has 3 heteroatoms. The Kier molecular flexibility index (Phi) is 5.96. The van der Waals surface area contributed by atoms with Crippen molar-refractivity contribution in [3.63, 3.8) is 0 Å². The highest BCUT2D eigenvalue weighted by atomic mass is 32.1. The summed E-state index contributed by atoms with van der Waals surface area (Å²) in [6.07, 6.45) is 3.04. The topological polar surface area (TPSA) is 26.0 Å². The van der Waals surface area contributed by atoms with E-state index in [2.05, 4.69) is 109 Å². The molecule has 0 aliphatic carbocycles. The normalized spacial score (nSPS) is 12.4. The molecule has 0 fully saturated rings. The third kappa shape index (κ3) is 4.14. The second kappa shape index (κ2) is 9.10. The largest absolute Gasteiger partial charge is 0.453 e. The van der Waals surface area contributed by atoms with Crippen LogP contribution in [-0.4, -0.2) is 4.98 Å². The first-order valence-corrected chi connectivity index (χ1v) is 14.4. The molecule has 0 amide bonds. The lowest BCUT2D eigenvalue weighted by Gasteiger charge is -2.22. The van der Waals surface area contributed by atoms with Crippen LogP contribution in [0.4, 0.5) is 0 Å². The molecule has 0 radical (unpaired) electrons. The van der Waals surface area contributed by atoms with Crippen LogP contribution >= 0.6 is 11.3 Å². The molecule has 0 atom stereocenters. The van der Waals surface area contributed by atoms with Gasteiger partial charge in [0.1, 0.15) is 11.5 Å². The molecule has 38 heavy (non-hydrogen) atoms. The van der Waals surface area contributed by atoms with E-state index < -0.39 is 0 Å². The number of furan rings is 1. The van der Waals surface area contributed by atoms with Crippen LogP contribution in [0.1, 0.15) is 56.2 Å². The average Bonchev–Trinajstić information content (AvgIpc) is 3.38. The zero-order valence-electron chi connectivity index (χ0n) is 23.4. The summed E-state index contributed by atoms with van der Waals surface area (Å²) in [6, 6.07) is 22.1. The number of hydrogen-bond donors (Lipinski definition) is 0. The molecular weight excluding hydrogens is 482 g/mol. The summed E-state index contributed by atoms with van der Waals surface area (Å²) in [6.45, 7) is 15.8. The van der Waals surface area contributed by atoms with Gasteiger partial charge in [0.25, 0.3) is 0 Å². The lowest BCUT2D eigenvalue weighted by Crippen LogP contribution is -2.12. The monoisotopic (exact) mass is 517 g/mol. The Hall–Kier alpha value is -3.43. The number of thiophene rings is 1. The highest BCUT2D eigenvalue weighted by molar-refractivity contribution is 7.19. The molecule has 3 aromatic heterocycles.